The zero-order chi connectivity index (χ0) is 25.5. The second-order valence-corrected chi connectivity index (χ2v) is 9.43. The number of para-hydroxylation sites is 1. The van der Waals surface area contributed by atoms with E-state index in [0.717, 1.165) is 49.8 Å². The Bertz CT molecular complexity index is 1770. The van der Waals surface area contributed by atoms with Crippen LogP contribution in [0.3, 0.4) is 0 Å². The molecule has 7 nitrogen and oxygen atoms in total. The number of fused-ring (bicyclic) bond motifs is 2. The fourth-order valence-electron chi connectivity index (χ4n) is 4.77. The van der Waals surface area contributed by atoms with E-state index in [1.165, 1.54) is 0 Å². The predicted octanol–water partition coefficient (Wildman–Crippen LogP) is 6.28. The Kier molecular flexibility index (Phi) is 5.77. The maximum Gasteiger partial charge on any atom is 0.199 e. The third-order valence-electron chi connectivity index (χ3n) is 6.60. The van der Waals surface area contributed by atoms with Gasteiger partial charge in [-0.3, -0.25) is 9.67 Å². The molecule has 0 aliphatic carbocycles. The van der Waals surface area contributed by atoms with E-state index in [4.69, 9.17) is 21.3 Å². The maximum absolute atomic E-state index is 10.8. The van der Waals surface area contributed by atoms with E-state index < -0.39 is 0 Å². The predicted molar refractivity (Wildman–Crippen MR) is 145 cm³/mol. The molecule has 0 saturated heterocycles. The van der Waals surface area contributed by atoms with Crippen molar-refractivity contribution >= 4 is 33.3 Å². The number of pyridine rings is 2. The quantitative estimate of drug-likeness (QED) is 0.286. The lowest BCUT2D eigenvalue weighted by Gasteiger charge is -2.15. The van der Waals surface area contributed by atoms with Crippen molar-refractivity contribution in [2.75, 3.05) is 0 Å². The first kappa shape index (κ1) is 23.1. The molecule has 0 aliphatic heterocycles. The second kappa shape index (κ2) is 9.26. The van der Waals surface area contributed by atoms with Gasteiger partial charge < -0.3 is 14.4 Å². The summed E-state index contributed by atoms with van der Waals surface area (Å²) in [5, 5.41) is 18.3. The van der Waals surface area contributed by atoms with Crippen LogP contribution in [0.25, 0.3) is 32.9 Å². The lowest BCUT2D eigenvalue weighted by Crippen LogP contribution is -2.07. The van der Waals surface area contributed by atoms with Gasteiger partial charge in [0.25, 0.3) is 0 Å². The molecule has 0 radical (unpaired) electrons. The standard InChI is InChI=1S/C29H24ClN5O2/c1-18-12-23(26-10-11-32-34(26)2)22-8-5-9-27(28(22)33-18)37-17-24-20(13-31-14-25(24)30)16-35-15-19-6-3-4-7-21(19)29(35)36/h3-15,36H,16-17H2,1-2H3. The molecule has 4 aromatic heterocycles. The van der Waals surface area contributed by atoms with Crippen LogP contribution >= 0.6 is 11.6 Å². The third-order valence-corrected chi connectivity index (χ3v) is 6.93. The summed E-state index contributed by atoms with van der Waals surface area (Å²) in [4.78, 5) is 9.09. The fraction of sp³-hybridized carbons (Fsp3) is 0.138. The fourth-order valence-corrected chi connectivity index (χ4v) is 5.00. The summed E-state index contributed by atoms with van der Waals surface area (Å²) in [5.74, 6) is 0.872. The van der Waals surface area contributed by atoms with Crippen molar-refractivity contribution < 1.29 is 9.84 Å². The van der Waals surface area contributed by atoms with Crippen molar-refractivity contribution in [3.8, 4) is 22.9 Å². The lowest BCUT2D eigenvalue weighted by molar-refractivity contribution is 0.307. The van der Waals surface area contributed by atoms with Gasteiger partial charge in [0.15, 0.2) is 5.88 Å². The highest BCUT2D eigenvalue weighted by Crippen LogP contribution is 2.34. The van der Waals surface area contributed by atoms with Crippen LogP contribution in [0.1, 0.15) is 16.8 Å². The number of hydrogen-bond acceptors (Lipinski definition) is 5. The molecule has 37 heavy (non-hydrogen) atoms. The van der Waals surface area contributed by atoms with Crippen molar-refractivity contribution in [2.24, 2.45) is 7.05 Å². The number of aromatic nitrogens is 5. The van der Waals surface area contributed by atoms with Gasteiger partial charge in [0.1, 0.15) is 17.9 Å². The summed E-state index contributed by atoms with van der Waals surface area (Å²) in [7, 11) is 1.93. The molecule has 0 atom stereocenters. The monoisotopic (exact) mass is 509 g/mol. The molecule has 0 bridgehead atoms. The second-order valence-electron chi connectivity index (χ2n) is 9.02. The van der Waals surface area contributed by atoms with Gasteiger partial charge in [0, 0.05) is 64.8 Å². The summed E-state index contributed by atoms with van der Waals surface area (Å²) in [5.41, 5.74) is 5.39. The molecule has 0 saturated carbocycles. The van der Waals surface area contributed by atoms with Gasteiger partial charge in [-0.2, -0.15) is 5.10 Å². The third kappa shape index (κ3) is 4.17. The van der Waals surface area contributed by atoms with Crippen LogP contribution in [0.2, 0.25) is 5.02 Å². The molecule has 0 unspecified atom stereocenters. The van der Waals surface area contributed by atoms with Gasteiger partial charge in [-0.25, -0.2) is 4.98 Å². The van der Waals surface area contributed by atoms with Gasteiger partial charge in [-0.15, -0.1) is 0 Å². The lowest BCUT2D eigenvalue weighted by atomic mass is 10.0. The highest BCUT2D eigenvalue weighted by atomic mass is 35.5. The van der Waals surface area contributed by atoms with Crippen LogP contribution in [0.4, 0.5) is 0 Å². The van der Waals surface area contributed by atoms with Crippen LogP contribution in [-0.2, 0) is 20.2 Å². The topological polar surface area (TPSA) is 78.0 Å². The Morgan fingerprint density at radius 3 is 2.68 bits per heavy atom. The zero-order valence-electron chi connectivity index (χ0n) is 20.4. The van der Waals surface area contributed by atoms with Crippen molar-refractivity contribution in [3.63, 3.8) is 0 Å². The minimum Gasteiger partial charge on any atom is -0.494 e. The molecule has 4 heterocycles. The van der Waals surface area contributed by atoms with Crippen LogP contribution in [0, 0.1) is 6.92 Å². The first-order valence-corrected chi connectivity index (χ1v) is 12.3. The largest absolute Gasteiger partial charge is 0.494 e. The average Bonchev–Trinajstić information content (AvgIpc) is 3.46. The number of aromatic hydroxyl groups is 1. The van der Waals surface area contributed by atoms with E-state index in [1.807, 2.05) is 73.4 Å². The summed E-state index contributed by atoms with van der Waals surface area (Å²) in [6.45, 7) is 2.61. The highest BCUT2D eigenvalue weighted by Gasteiger charge is 2.16. The Morgan fingerprint density at radius 1 is 1.03 bits per heavy atom. The van der Waals surface area contributed by atoms with Crippen molar-refractivity contribution in [1.29, 1.82) is 0 Å². The van der Waals surface area contributed by atoms with Crippen LogP contribution in [-0.4, -0.2) is 29.4 Å². The molecule has 2 aromatic carbocycles. The molecule has 8 heteroatoms. The Labute approximate surface area is 218 Å². The number of ether oxygens (including phenoxy) is 1. The molecule has 0 amide bonds. The van der Waals surface area contributed by atoms with Gasteiger partial charge in [0.2, 0.25) is 0 Å². The summed E-state index contributed by atoms with van der Waals surface area (Å²) >= 11 is 6.59. The molecule has 0 spiro atoms. The van der Waals surface area contributed by atoms with Gasteiger partial charge >= 0.3 is 0 Å². The Balaban J connectivity index is 1.35. The first-order valence-electron chi connectivity index (χ1n) is 11.9. The number of rotatable bonds is 6. The molecular formula is C29H24ClN5O2. The van der Waals surface area contributed by atoms with Gasteiger partial charge in [-0.05, 0) is 36.8 Å². The number of aryl methyl sites for hydroxylation is 2. The number of benzene rings is 2. The van der Waals surface area contributed by atoms with Crippen molar-refractivity contribution in [2.45, 2.75) is 20.1 Å². The summed E-state index contributed by atoms with van der Waals surface area (Å²) in [6, 6.07) is 17.7. The van der Waals surface area contributed by atoms with E-state index in [0.29, 0.717) is 17.3 Å². The molecule has 1 N–H and O–H groups in total. The maximum atomic E-state index is 10.8. The van der Waals surface area contributed by atoms with E-state index in [2.05, 4.69) is 16.1 Å². The zero-order valence-corrected chi connectivity index (χ0v) is 21.1. The average molecular weight is 510 g/mol. The minimum absolute atomic E-state index is 0.207. The molecular weight excluding hydrogens is 486 g/mol. The Morgan fingerprint density at radius 2 is 1.86 bits per heavy atom. The molecule has 0 aliphatic rings. The van der Waals surface area contributed by atoms with E-state index in [-0.39, 0.29) is 12.5 Å². The van der Waals surface area contributed by atoms with Crippen LogP contribution in [0.15, 0.2) is 79.4 Å². The smallest absolute Gasteiger partial charge is 0.199 e. The van der Waals surface area contributed by atoms with Crippen molar-refractivity contribution in [1.82, 2.24) is 24.3 Å². The van der Waals surface area contributed by atoms with Gasteiger partial charge in [0.05, 0.1) is 17.3 Å². The normalized spacial score (nSPS) is 11.4. The molecule has 6 aromatic rings. The van der Waals surface area contributed by atoms with Crippen LogP contribution < -0.4 is 4.74 Å². The minimum atomic E-state index is 0.207. The SMILES string of the molecule is Cc1cc(-c2ccnn2C)c2cccc(OCc3c(Cl)cncc3Cn3cc4ccccc4c3O)c2n1. The van der Waals surface area contributed by atoms with E-state index >= 15 is 0 Å². The first-order chi connectivity index (χ1) is 18.0. The summed E-state index contributed by atoms with van der Waals surface area (Å²) in [6.07, 6.45) is 7.09. The van der Waals surface area contributed by atoms with Gasteiger partial charge in [-0.1, -0.05) is 41.9 Å². The highest BCUT2D eigenvalue weighted by molar-refractivity contribution is 6.31. The number of hydrogen-bond donors (Lipinski definition) is 1. The van der Waals surface area contributed by atoms with Crippen molar-refractivity contribution in [3.05, 3.63) is 101 Å². The number of nitrogens with zero attached hydrogens (tertiary/aromatic N) is 5. The Hall–Kier alpha value is -4.36. The van der Waals surface area contributed by atoms with E-state index in [1.54, 1.807) is 23.2 Å². The summed E-state index contributed by atoms with van der Waals surface area (Å²) < 4.78 is 9.99. The van der Waals surface area contributed by atoms with E-state index in [9.17, 15) is 5.11 Å². The molecule has 184 valence electrons. The molecule has 6 rings (SSSR count). The number of halogens is 1. The van der Waals surface area contributed by atoms with Crippen LogP contribution in [0.5, 0.6) is 11.6 Å². The molecule has 0 fully saturated rings.